The van der Waals surface area contributed by atoms with E-state index in [4.69, 9.17) is 0 Å². The topological polar surface area (TPSA) is 84.0 Å². The van der Waals surface area contributed by atoms with Crippen LogP contribution in [0.4, 0.5) is 24.5 Å². The highest BCUT2D eigenvalue weighted by Crippen LogP contribution is 2.31. The summed E-state index contributed by atoms with van der Waals surface area (Å²) in [4.78, 5) is 25.4. The highest BCUT2D eigenvalue weighted by atomic mass is 32.1. The van der Waals surface area contributed by atoms with E-state index in [0.717, 1.165) is 29.2 Å². The lowest BCUT2D eigenvalue weighted by molar-refractivity contribution is -0.137. The number of carbonyl (C=O) groups is 2. The van der Waals surface area contributed by atoms with E-state index in [2.05, 4.69) is 20.2 Å². The fourth-order valence-corrected chi connectivity index (χ4v) is 3.31. The number of aromatic nitrogens is 2. The molecule has 156 valence electrons. The Bertz CT molecular complexity index is 1100. The van der Waals surface area contributed by atoms with E-state index >= 15 is 0 Å². The zero-order valence-corrected chi connectivity index (χ0v) is 16.8. The third-order valence-corrected chi connectivity index (χ3v) is 5.06. The number of hydrogen-bond acceptors (Lipinski definition) is 5. The summed E-state index contributed by atoms with van der Waals surface area (Å²) >= 11 is 0.979. The quantitative estimate of drug-likeness (QED) is 0.596. The average molecular weight is 434 g/mol. The van der Waals surface area contributed by atoms with Crippen LogP contribution >= 0.6 is 11.5 Å². The monoisotopic (exact) mass is 434 g/mol. The minimum Gasteiger partial charge on any atom is -0.322 e. The molecule has 10 heteroatoms. The van der Waals surface area contributed by atoms with Crippen molar-refractivity contribution in [2.45, 2.75) is 26.4 Å². The molecule has 0 aliphatic heterocycles. The van der Waals surface area contributed by atoms with Gasteiger partial charge in [0.25, 0.3) is 11.8 Å². The van der Waals surface area contributed by atoms with Crippen molar-refractivity contribution in [3.8, 4) is 0 Å². The molecular weight excluding hydrogens is 417 g/mol. The highest BCUT2D eigenvalue weighted by molar-refractivity contribution is 7.08. The Morgan fingerprint density at radius 1 is 1.07 bits per heavy atom. The Hall–Kier alpha value is -3.27. The largest absolute Gasteiger partial charge is 0.416 e. The van der Waals surface area contributed by atoms with Gasteiger partial charge in [-0.25, -0.2) is 0 Å². The number of halogens is 3. The van der Waals surface area contributed by atoms with Gasteiger partial charge >= 0.3 is 6.18 Å². The van der Waals surface area contributed by atoms with E-state index in [0.29, 0.717) is 22.7 Å². The van der Waals surface area contributed by atoms with Gasteiger partial charge in [0.05, 0.1) is 11.3 Å². The number of nitrogens with one attached hydrogen (secondary N) is 2. The van der Waals surface area contributed by atoms with Gasteiger partial charge in [-0.05, 0) is 60.8 Å². The van der Waals surface area contributed by atoms with Crippen molar-refractivity contribution in [2.75, 3.05) is 10.6 Å². The van der Waals surface area contributed by atoms with E-state index in [1.54, 1.807) is 13.0 Å². The van der Waals surface area contributed by atoms with Crippen LogP contribution in [0.15, 0.2) is 42.5 Å². The van der Waals surface area contributed by atoms with Gasteiger partial charge in [0.2, 0.25) is 0 Å². The molecule has 0 unspecified atom stereocenters. The molecule has 0 fully saturated rings. The fourth-order valence-electron chi connectivity index (χ4n) is 2.67. The minimum absolute atomic E-state index is 0.0179. The lowest BCUT2D eigenvalue weighted by Gasteiger charge is -2.12. The molecule has 0 aliphatic carbocycles. The van der Waals surface area contributed by atoms with Gasteiger partial charge < -0.3 is 10.6 Å². The van der Waals surface area contributed by atoms with Gasteiger partial charge in [0.15, 0.2) is 0 Å². The summed E-state index contributed by atoms with van der Waals surface area (Å²) in [6.07, 6.45) is -3.96. The molecule has 3 aromatic rings. The number of amides is 2. The molecular formula is C20H17F3N4O2S. The Morgan fingerprint density at radius 2 is 1.83 bits per heavy atom. The molecule has 6 nitrogen and oxygen atoms in total. The van der Waals surface area contributed by atoms with Crippen molar-refractivity contribution < 1.29 is 22.8 Å². The summed E-state index contributed by atoms with van der Waals surface area (Å²) in [6, 6.07) is 9.00. The van der Waals surface area contributed by atoms with Gasteiger partial charge in [-0.15, -0.1) is 5.10 Å². The van der Waals surface area contributed by atoms with Crippen molar-refractivity contribution in [2.24, 2.45) is 0 Å². The summed E-state index contributed by atoms with van der Waals surface area (Å²) < 4.78 is 42.4. The van der Waals surface area contributed by atoms with Gasteiger partial charge in [-0.2, -0.15) is 13.2 Å². The molecule has 0 atom stereocenters. The molecule has 3 rings (SSSR count). The summed E-state index contributed by atoms with van der Waals surface area (Å²) in [5, 5.41) is 9.09. The number of aryl methyl sites for hydroxylation is 2. The maximum atomic E-state index is 12.9. The van der Waals surface area contributed by atoms with Crippen LogP contribution in [0.3, 0.4) is 0 Å². The molecule has 1 heterocycles. The molecule has 0 saturated carbocycles. The van der Waals surface area contributed by atoms with Crippen LogP contribution < -0.4 is 10.6 Å². The number of anilines is 2. The second-order valence-electron chi connectivity index (χ2n) is 6.42. The Kier molecular flexibility index (Phi) is 6.16. The first-order chi connectivity index (χ1) is 14.2. The number of rotatable bonds is 5. The zero-order valence-electron chi connectivity index (χ0n) is 16.0. The number of benzene rings is 2. The molecule has 0 spiro atoms. The van der Waals surface area contributed by atoms with E-state index in [1.807, 2.05) is 6.92 Å². The van der Waals surface area contributed by atoms with Crippen molar-refractivity contribution in [1.82, 2.24) is 9.59 Å². The van der Waals surface area contributed by atoms with Crippen molar-refractivity contribution in [1.29, 1.82) is 0 Å². The molecule has 0 radical (unpaired) electrons. The van der Waals surface area contributed by atoms with E-state index in [1.165, 1.54) is 24.3 Å². The molecule has 2 N–H and O–H groups in total. The van der Waals surface area contributed by atoms with Gasteiger partial charge in [-0.1, -0.05) is 23.5 Å². The van der Waals surface area contributed by atoms with Gasteiger partial charge in [0, 0.05) is 16.9 Å². The average Bonchev–Trinajstić information content (AvgIpc) is 3.18. The highest BCUT2D eigenvalue weighted by Gasteiger charge is 2.30. The normalized spacial score (nSPS) is 11.2. The maximum absolute atomic E-state index is 12.9. The lowest BCUT2D eigenvalue weighted by atomic mass is 10.1. The Morgan fingerprint density at radius 3 is 2.53 bits per heavy atom. The Balaban J connectivity index is 1.79. The van der Waals surface area contributed by atoms with E-state index in [9.17, 15) is 22.8 Å². The summed E-state index contributed by atoms with van der Waals surface area (Å²) in [5.74, 6) is -0.987. The predicted octanol–water partition coefficient (Wildman–Crippen LogP) is 4.93. The van der Waals surface area contributed by atoms with Crippen LogP contribution in [-0.2, 0) is 12.6 Å². The third-order valence-electron chi connectivity index (χ3n) is 4.29. The van der Waals surface area contributed by atoms with Crippen LogP contribution in [0.25, 0.3) is 0 Å². The molecule has 0 aliphatic rings. The van der Waals surface area contributed by atoms with Crippen LogP contribution in [-0.4, -0.2) is 21.4 Å². The molecule has 30 heavy (non-hydrogen) atoms. The first-order valence-corrected chi connectivity index (χ1v) is 9.68. The molecule has 1 aromatic heterocycles. The fraction of sp³-hybridized carbons (Fsp3) is 0.200. The second-order valence-corrected chi connectivity index (χ2v) is 7.17. The predicted molar refractivity (Wildman–Crippen MR) is 108 cm³/mol. The molecule has 2 aromatic carbocycles. The van der Waals surface area contributed by atoms with E-state index < -0.39 is 17.6 Å². The molecule has 0 bridgehead atoms. The van der Waals surface area contributed by atoms with Crippen molar-refractivity contribution >= 4 is 34.7 Å². The third kappa shape index (κ3) is 4.82. The van der Waals surface area contributed by atoms with Crippen molar-refractivity contribution in [3.05, 3.63) is 69.7 Å². The summed E-state index contributed by atoms with van der Waals surface area (Å²) in [7, 11) is 0. The Labute approximate surface area is 174 Å². The number of hydrogen-bond donors (Lipinski definition) is 2. The number of alkyl halides is 3. The minimum atomic E-state index is -4.51. The first kappa shape index (κ1) is 21.4. The lowest BCUT2D eigenvalue weighted by Crippen LogP contribution is -2.16. The molecule has 0 saturated heterocycles. The maximum Gasteiger partial charge on any atom is 0.416 e. The smallest absolute Gasteiger partial charge is 0.322 e. The summed E-state index contributed by atoms with van der Waals surface area (Å²) in [5.41, 5.74) is 1.05. The van der Waals surface area contributed by atoms with Gasteiger partial charge in [0.1, 0.15) is 4.88 Å². The van der Waals surface area contributed by atoms with Crippen LogP contribution in [0.1, 0.15) is 43.8 Å². The van der Waals surface area contributed by atoms with Crippen LogP contribution in [0.5, 0.6) is 0 Å². The van der Waals surface area contributed by atoms with Gasteiger partial charge in [-0.3, -0.25) is 9.59 Å². The number of nitrogens with zero attached hydrogens (tertiary/aromatic N) is 2. The SMILES string of the molecule is CCc1nnsc1C(=O)Nc1cc(C(=O)Nc2cccc(C(F)(F)F)c2)ccc1C. The summed E-state index contributed by atoms with van der Waals surface area (Å²) in [6.45, 7) is 3.62. The first-order valence-electron chi connectivity index (χ1n) is 8.91. The van der Waals surface area contributed by atoms with Crippen molar-refractivity contribution in [3.63, 3.8) is 0 Å². The van der Waals surface area contributed by atoms with Crippen LogP contribution in [0.2, 0.25) is 0 Å². The number of carbonyl (C=O) groups excluding carboxylic acids is 2. The zero-order chi connectivity index (χ0) is 21.9. The van der Waals surface area contributed by atoms with Crippen LogP contribution in [0, 0.1) is 6.92 Å². The molecule has 2 amide bonds. The standard InChI is InChI=1S/C20H17F3N4O2S/c1-3-15-17(30-27-26-15)19(29)25-16-9-12(8-7-11(16)2)18(28)24-14-6-4-5-13(10-14)20(21,22)23/h4-10H,3H2,1-2H3,(H,24,28)(H,25,29). The van der Waals surface area contributed by atoms with E-state index in [-0.39, 0.29) is 17.2 Å². The second kappa shape index (κ2) is 8.62.